The van der Waals surface area contributed by atoms with Crippen LogP contribution in [0.25, 0.3) is 0 Å². The van der Waals surface area contributed by atoms with Gasteiger partial charge < -0.3 is 14.6 Å². The van der Waals surface area contributed by atoms with Gasteiger partial charge in [0.1, 0.15) is 11.4 Å². The summed E-state index contributed by atoms with van der Waals surface area (Å²) in [5.74, 6) is -1.30. The first-order valence-electron chi connectivity index (χ1n) is 6.76. The average molecular weight is 317 g/mol. The lowest BCUT2D eigenvalue weighted by Crippen LogP contribution is -2.30. The van der Waals surface area contributed by atoms with Gasteiger partial charge in [0.15, 0.2) is 6.10 Å². The third-order valence-corrected chi connectivity index (χ3v) is 3.16. The maximum Gasteiger partial charge on any atom is 0.355 e. The monoisotopic (exact) mass is 317 g/mol. The van der Waals surface area contributed by atoms with Gasteiger partial charge in [0.25, 0.3) is 11.6 Å². The number of anilines is 1. The van der Waals surface area contributed by atoms with Crippen molar-refractivity contribution in [1.82, 2.24) is 4.57 Å². The zero-order valence-electron chi connectivity index (χ0n) is 12.6. The van der Waals surface area contributed by atoms with Gasteiger partial charge in [0, 0.05) is 19.3 Å². The Kier molecular flexibility index (Phi) is 4.75. The van der Waals surface area contributed by atoms with Crippen molar-refractivity contribution in [3.63, 3.8) is 0 Å². The number of aromatic nitrogens is 1. The van der Waals surface area contributed by atoms with E-state index in [4.69, 9.17) is 4.74 Å². The first-order chi connectivity index (χ1) is 10.9. The molecule has 0 saturated carbocycles. The zero-order chi connectivity index (χ0) is 17.0. The number of carbonyl (C=O) groups excluding carboxylic acids is 2. The van der Waals surface area contributed by atoms with Crippen LogP contribution in [-0.2, 0) is 16.6 Å². The first-order valence-corrected chi connectivity index (χ1v) is 6.76. The summed E-state index contributed by atoms with van der Waals surface area (Å²) in [6.07, 6.45) is 0.575. The van der Waals surface area contributed by atoms with Gasteiger partial charge in [0.05, 0.1) is 4.92 Å². The number of aryl methyl sites for hydroxylation is 1. The maximum absolute atomic E-state index is 12.1. The Bertz CT molecular complexity index is 753. The van der Waals surface area contributed by atoms with Crippen molar-refractivity contribution in [2.45, 2.75) is 13.0 Å². The van der Waals surface area contributed by atoms with Gasteiger partial charge in [-0.05, 0) is 25.1 Å². The minimum atomic E-state index is -1.10. The van der Waals surface area contributed by atoms with Crippen molar-refractivity contribution in [1.29, 1.82) is 0 Å². The summed E-state index contributed by atoms with van der Waals surface area (Å²) in [7, 11) is 1.68. The Morgan fingerprint density at radius 1 is 1.26 bits per heavy atom. The molecule has 2 aromatic rings. The smallest absolute Gasteiger partial charge is 0.355 e. The molecule has 0 saturated heterocycles. The van der Waals surface area contributed by atoms with E-state index in [1.807, 2.05) is 0 Å². The fourth-order valence-electron chi connectivity index (χ4n) is 1.92. The van der Waals surface area contributed by atoms with E-state index in [0.29, 0.717) is 5.69 Å². The summed E-state index contributed by atoms with van der Waals surface area (Å²) in [5, 5.41) is 13.3. The Hall–Kier alpha value is -3.16. The highest BCUT2D eigenvalue weighted by Gasteiger charge is 2.22. The molecule has 0 aliphatic carbocycles. The standard InChI is InChI=1S/C15H15N3O5/c1-10(23-15(20)13-8-5-9-17(13)2)14(19)16-11-6-3-4-7-12(11)18(21)22/h3-10H,1-2H3,(H,16,19). The highest BCUT2D eigenvalue weighted by atomic mass is 16.6. The van der Waals surface area contributed by atoms with Crippen molar-refractivity contribution < 1.29 is 19.2 Å². The molecule has 0 aliphatic heterocycles. The van der Waals surface area contributed by atoms with E-state index >= 15 is 0 Å². The molecule has 0 radical (unpaired) electrons. The molecule has 1 heterocycles. The molecule has 0 fully saturated rings. The Morgan fingerprint density at radius 3 is 2.57 bits per heavy atom. The van der Waals surface area contributed by atoms with Crippen LogP contribution in [-0.4, -0.2) is 27.5 Å². The van der Waals surface area contributed by atoms with Crippen LogP contribution < -0.4 is 5.32 Å². The lowest BCUT2D eigenvalue weighted by molar-refractivity contribution is -0.383. The van der Waals surface area contributed by atoms with E-state index in [9.17, 15) is 19.7 Å². The number of carbonyl (C=O) groups is 2. The second-order valence-electron chi connectivity index (χ2n) is 4.82. The van der Waals surface area contributed by atoms with E-state index < -0.39 is 22.9 Å². The average Bonchev–Trinajstić information content (AvgIpc) is 2.93. The minimum Gasteiger partial charge on any atom is -0.448 e. The molecule has 1 amide bonds. The molecule has 8 nitrogen and oxygen atoms in total. The fraction of sp³-hybridized carbons (Fsp3) is 0.200. The lowest BCUT2D eigenvalue weighted by Gasteiger charge is -2.13. The molecule has 1 aromatic heterocycles. The number of benzene rings is 1. The van der Waals surface area contributed by atoms with Crippen LogP contribution in [0.2, 0.25) is 0 Å². The van der Waals surface area contributed by atoms with Crippen LogP contribution in [0.5, 0.6) is 0 Å². The van der Waals surface area contributed by atoms with Gasteiger partial charge in [-0.2, -0.15) is 0 Å². The van der Waals surface area contributed by atoms with E-state index in [0.717, 1.165) is 0 Å². The van der Waals surface area contributed by atoms with Crippen LogP contribution in [0.3, 0.4) is 0 Å². The van der Waals surface area contributed by atoms with E-state index in [1.54, 1.807) is 36.0 Å². The number of hydrogen-bond acceptors (Lipinski definition) is 5. The predicted octanol–water partition coefficient (Wildman–Crippen LogP) is 2.12. The largest absolute Gasteiger partial charge is 0.448 e. The molecule has 23 heavy (non-hydrogen) atoms. The van der Waals surface area contributed by atoms with Gasteiger partial charge >= 0.3 is 5.97 Å². The Balaban J connectivity index is 2.05. The van der Waals surface area contributed by atoms with Crippen molar-refractivity contribution in [3.8, 4) is 0 Å². The normalized spacial score (nSPS) is 11.6. The molecule has 1 unspecified atom stereocenters. The Labute approximate surface area is 131 Å². The number of amides is 1. The quantitative estimate of drug-likeness (QED) is 0.517. The number of nitrogens with zero attached hydrogens (tertiary/aromatic N) is 2. The lowest BCUT2D eigenvalue weighted by atomic mass is 10.2. The van der Waals surface area contributed by atoms with Gasteiger partial charge in [-0.15, -0.1) is 0 Å². The van der Waals surface area contributed by atoms with Crippen LogP contribution in [0, 0.1) is 10.1 Å². The second kappa shape index (κ2) is 6.73. The fourth-order valence-corrected chi connectivity index (χ4v) is 1.92. The highest BCUT2D eigenvalue weighted by molar-refractivity contribution is 5.98. The zero-order valence-corrected chi connectivity index (χ0v) is 12.6. The summed E-state index contributed by atoms with van der Waals surface area (Å²) in [5.41, 5.74) is 0.112. The van der Waals surface area contributed by atoms with Gasteiger partial charge in [0.2, 0.25) is 0 Å². The second-order valence-corrected chi connectivity index (χ2v) is 4.82. The number of esters is 1. The summed E-state index contributed by atoms with van der Waals surface area (Å²) in [6.45, 7) is 1.39. The molecule has 120 valence electrons. The van der Waals surface area contributed by atoms with E-state index in [1.165, 1.54) is 25.1 Å². The molecule has 0 spiro atoms. The molecule has 1 atom stereocenters. The molecule has 2 rings (SSSR count). The van der Waals surface area contributed by atoms with Crippen LogP contribution >= 0.6 is 0 Å². The van der Waals surface area contributed by atoms with Crippen molar-refractivity contribution in [3.05, 3.63) is 58.4 Å². The SMILES string of the molecule is CC(OC(=O)c1cccn1C)C(=O)Nc1ccccc1[N+](=O)[O-]. The van der Waals surface area contributed by atoms with Gasteiger partial charge in [-0.1, -0.05) is 12.1 Å². The topological polar surface area (TPSA) is 103 Å². The highest BCUT2D eigenvalue weighted by Crippen LogP contribution is 2.23. The maximum atomic E-state index is 12.1. The molecular formula is C15H15N3O5. The number of ether oxygens (including phenoxy) is 1. The third-order valence-electron chi connectivity index (χ3n) is 3.16. The Morgan fingerprint density at radius 2 is 1.96 bits per heavy atom. The van der Waals surface area contributed by atoms with Gasteiger partial charge in [-0.3, -0.25) is 14.9 Å². The van der Waals surface area contributed by atoms with E-state index in [-0.39, 0.29) is 11.4 Å². The number of hydrogen-bond donors (Lipinski definition) is 1. The molecule has 1 N–H and O–H groups in total. The minimum absolute atomic E-state index is 0.0456. The predicted molar refractivity (Wildman–Crippen MR) is 82.0 cm³/mol. The van der Waals surface area contributed by atoms with Crippen molar-refractivity contribution in [2.75, 3.05) is 5.32 Å². The number of rotatable bonds is 5. The van der Waals surface area contributed by atoms with Crippen molar-refractivity contribution in [2.24, 2.45) is 7.05 Å². The number of nitro groups is 1. The third kappa shape index (κ3) is 3.73. The first kappa shape index (κ1) is 16.2. The summed E-state index contributed by atoms with van der Waals surface area (Å²) < 4.78 is 6.63. The summed E-state index contributed by atoms with van der Waals surface area (Å²) in [6, 6.07) is 8.97. The summed E-state index contributed by atoms with van der Waals surface area (Å²) in [4.78, 5) is 34.3. The van der Waals surface area contributed by atoms with Crippen molar-refractivity contribution >= 4 is 23.3 Å². The number of para-hydroxylation sites is 2. The van der Waals surface area contributed by atoms with E-state index in [2.05, 4.69) is 5.32 Å². The van der Waals surface area contributed by atoms with Crippen LogP contribution in [0.15, 0.2) is 42.6 Å². The molecule has 8 heteroatoms. The molecule has 1 aromatic carbocycles. The molecule has 0 aliphatic rings. The van der Waals surface area contributed by atoms with Crippen LogP contribution in [0.4, 0.5) is 11.4 Å². The summed E-state index contributed by atoms with van der Waals surface area (Å²) >= 11 is 0. The van der Waals surface area contributed by atoms with Gasteiger partial charge in [-0.25, -0.2) is 4.79 Å². The number of nitro benzene ring substituents is 1. The molecular weight excluding hydrogens is 302 g/mol. The number of nitrogens with one attached hydrogen (secondary N) is 1. The molecule has 0 bridgehead atoms. The van der Waals surface area contributed by atoms with Crippen LogP contribution in [0.1, 0.15) is 17.4 Å².